The molecule has 0 saturated heterocycles. The molecule has 1 aliphatic rings. The molecular formula is C17H28O6Si. The summed E-state index contributed by atoms with van der Waals surface area (Å²) in [6.07, 6.45) is 1.59. The molecule has 0 aromatic heterocycles. The Balaban J connectivity index is 1.87. The third kappa shape index (κ3) is 4.49. The first kappa shape index (κ1) is 19.2. The number of ether oxygens (including phenoxy) is 3. The highest BCUT2D eigenvalue weighted by Gasteiger charge is 2.37. The van der Waals surface area contributed by atoms with E-state index < -0.39 is 14.6 Å². The summed E-state index contributed by atoms with van der Waals surface area (Å²) in [6.45, 7) is 5.10. The second-order valence-electron chi connectivity index (χ2n) is 5.90. The fourth-order valence-electron chi connectivity index (χ4n) is 2.56. The van der Waals surface area contributed by atoms with Gasteiger partial charge in [-0.3, -0.25) is 0 Å². The molecular weight excluding hydrogens is 328 g/mol. The molecule has 0 amide bonds. The van der Waals surface area contributed by atoms with Crippen molar-refractivity contribution in [1.29, 1.82) is 0 Å². The van der Waals surface area contributed by atoms with E-state index in [9.17, 15) is 0 Å². The first-order chi connectivity index (χ1) is 11.5. The molecule has 1 aliphatic heterocycles. The van der Waals surface area contributed by atoms with Crippen molar-refractivity contribution in [1.82, 2.24) is 0 Å². The molecule has 136 valence electrons. The van der Waals surface area contributed by atoms with Crippen LogP contribution in [0.15, 0.2) is 18.2 Å². The van der Waals surface area contributed by atoms with E-state index in [2.05, 4.69) is 0 Å². The highest BCUT2D eigenvalue weighted by molar-refractivity contribution is 6.60. The van der Waals surface area contributed by atoms with Gasteiger partial charge in [0.15, 0.2) is 0 Å². The maximum absolute atomic E-state index is 5.92. The lowest BCUT2D eigenvalue weighted by atomic mass is 10.1. The third-order valence-corrected chi connectivity index (χ3v) is 7.19. The average Bonchev–Trinajstić information content (AvgIpc) is 2.62. The van der Waals surface area contributed by atoms with E-state index in [0.29, 0.717) is 19.3 Å². The lowest BCUT2D eigenvalue weighted by Gasteiger charge is -2.35. The normalized spacial score (nSPS) is 20.4. The van der Waals surface area contributed by atoms with Gasteiger partial charge < -0.3 is 27.5 Å². The van der Waals surface area contributed by atoms with Crippen LogP contribution in [0.2, 0.25) is 6.04 Å². The Labute approximate surface area is 145 Å². The molecule has 0 radical (unpaired) electrons. The van der Waals surface area contributed by atoms with Crippen LogP contribution < -0.4 is 9.47 Å². The van der Waals surface area contributed by atoms with Gasteiger partial charge in [0, 0.05) is 46.3 Å². The van der Waals surface area contributed by atoms with Crippen LogP contribution in [0.3, 0.4) is 0 Å². The molecule has 1 aromatic carbocycles. The number of hydrogen-bond acceptors (Lipinski definition) is 6. The molecule has 7 heteroatoms. The summed E-state index contributed by atoms with van der Waals surface area (Å²) in [4.78, 5) is 0. The maximum atomic E-state index is 5.92. The zero-order chi connectivity index (χ0) is 17.6. The van der Waals surface area contributed by atoms with E-state index in [1.807, 2.05) is 32.0 Å². The van der Waals surface area contributed by atoms with Crippen molar-refractivity contribution in [3.8, 4) is 11.5 Å². The fourth-order valence-corrected chi connectivity index (χ4v) is 4.25. The largest absolute Gasteiger partial charge is 0.500 e. The van der Waals surface area contributed by atoms with Crippen LogP contribution in [0, 0.1) is 0 Å². The third-order valence-electron chi connectivity index (χ3n) is 4.36. The molecule has 0 N–H and O–H groups in total. The molecule has 0 bridgehead atoms. The molecule has 6 nitrogen and oxygen atoms in total. The number of fused-ring (bicyclic) bond motifs is 1. The predicted molar refractivity (Wildman–Crippen MR) is 92.3 cm³/mol. The molecule has 1 atom stereocenters. The van der Waals surface area contributed by atoms with Crippen molar-refractivity contribution in [2.24, 2.45) is 0 Å². The summed E-state index contributed by atoms with van der Waals surface area (Å²) >= 11 is 0. The minimum Gasteiger partial charge on any atom is -0.494 e. The Hall–Kier alpha value is -1.12. The molecule has 2 rings (SSSR count). The summed E-state index contributed by atoms with van der Waals surface area (Å²) in [5.41, 5.74) is 1.01. The number of benzene rings is 1. The number of hydrogen-bond donors (Lipinski definition) is 0. The van der Waals surface area contributed by atoms with Crippen LogP contribution in [-0.4, -0.2) is 42.5 Å². The van der Waals surface area contributed by atoms with Gasteiger partial charge in [0.2, 0.25) is 5.79 Å². The Kier molecular flexibility index (Phi) is 6.65. The molecule has 1 unspecified atom stereocenters. The summed E-state index contributed by atoms with van der Waals surface area (Å²) in [5, 5.41) is 0. The average molecular weight is 356 g/mol. The summed E-state index contributed by atoms with van der Waals surface area (Å²) in [5.74, 6) is 1.13. The zero-order valence-electron chi connectivity index (χ0n) is 15.2. The quantitative estimate of drug-likeness (QED) is 0.499. The smallest absolute Gasteiger partial charge is 0.494 e. The van der Waals surface area contributed by atoms with Gasteiger partial charge in [-0.2, -0.15) is 0 Å². The van der Waals surface area contributed by atoms with Crippen molar-refractivity contribution in [2.45, 2.75) is 45.1 Å². The van der Waals surface area contributed by atoms with Gasteiger partial charge in [0.05, 0.1) is 13.2 Å². The first-order valence-electron chi connectivity index (χ1n) is 8.24. The minimum atomic E-state index is -2.52. The second kappa shape index (κ2) is 8.31. The van der Waals surface area contributed by atoms with Crippen molar-refractivity contribution >= 4 is 8.80 Å². The SMILES string of the molecule is CCC1(C)OCc2cc(OCCC[Si](OC)(OC)OC)ccc2O1. The Bertz CT molecular complexity index is 526. The maximum Gasteiger partial charge on any atom is 0.500 e. The van der Waals surface area contributed by atoms with Gasteiger partial charge in [0.25, 0.3) is 0 Å². The van der Waals surface area contributed by atoms with Gasteiger partial charge in [-0.05, 0) is 24.6 Å². The van der Waals surface area contributed by atoms with Crippen LogP contribution in [0.4, 0.5) is 0 Å². The van der Waals surface area contributed by atoms with Gasteiger partial charge in [-0.15, -0.1) is 0 Å². The molecule has 0 fully saturated rings. The van der Waals surface area contributed by atoms with E-state index >= 15 is 0 Å². The van der Waals surface area contributed by atoms with Crippen molar-refractivity contribution in [3.63, 3.8) is 0 Å². The summed E-state index contributed by atoms with van der Waals surface area (Å²) in [6, 6.07) is 6.55. The van der Waals surface area contributed by atoms with E-state index in [-0.39, 0.29) is 0 Å². The predicted octanol–water partition coefficient (Wildman–Crippen LogP) is 3.37. The van der Waals surface area contributed by atoms with Crippen LogP contribution in [0.5, 0.6) is 11.5 Å². The Morgan fingerprint density at radius 2 is 1.88 bits per heavy atom. The highest BCUT2D eigenvalue weighted by atomic mass is 28.4. The first-order valence-corrected chi connectivity index (χ1v) is 10.2. The topological polar surface area (TPSA) is 55.4 Å². The molecule has 1 heterocycles. The fraction of sp³-hybridized carbons (Fsp3) is 0.647. The second-order valence-corrected chi connectivity index (χ2v) is 8.99. The molecule has 0 saturated carbocycles. The van der Waals surface area contributed by atoms with E-state index in [4.69, 9.17) is 27.5 Å². The monoisotopic (exact) mass is 356 g/mol. The van der Waals surface area contributed by atoms with Crippen molar-refractivity contribution in [3.05, 3.63) is 23.8 Å². The van der Waals surface area contributed by atoms with Gasteiger partial charge >= 0.3 is 8.80 Å². The lowest BCUT2D eigenvalue weighted by molar-refractivity contribution is -0.194. The van der Waals surface area contributed by atoms with Crippen LogP contribution in [0.1, 0.15) is 32.3 Å². The van der Waals surface area contributed by atoms with Crippen LogP contribution in [-0.2, 0) is 24.6 Å². The zero-order valence-corrected chi connectivity index (χ0v) is 16.2. The van der Waals surface area contributed by atoms with E-state index in [0.717, 1.165) is 29.9 Å². The molecule has 24 heavy (non-hydrogen) atoms. The Morgan fingerprint density at radius 3 is 2.50 bits per heavy atom. The van der Waals surface area contributed by atoms with Gasteiger partial charge in [-0.25, -0.2) is 0 Å². The highest BCUT2D eigenvalue weighted by Crippen LogP contribution is 2.35. The standard InChI is InChI=1S/C17H28O6Si/c1-6-17(2)22-13-14-12-15(8-9-16(14)23-17)21-10-7-11-24(18-3,19-4)20-5/h8-9,12H,6-7,10-11,13H2,1-5H3. The number of rotatable bonds is 9. The molecule has 1 aromatic rings. The lowest BCUT2D eigenvalue weighted by Crippen LogP contribution is -2.42. The van der Waals surface area contributed by atoms with Gasteiger partial charge in [-0.1, -0.05) is 6.92 Å². The van der Waals surface area contributed by atoms with E-state index in [1.165, 1.54) is 0 Å². The van der Waals surface area contributed by atoms with Crippen molar-refractivity contribution in [2.75, 3.05) is 27.9 Å². The van der Waals surface area contributed by atoms with E-state index in [1.54, 1.807) is 21.3 Å². The van der Waals surface area contributed by atoms with Crippen LogP contribution in [0.25, 0.3) is 0 Å². The molecule has 0 spiro atoms. The minimum absolute atomic E-state index is 0.532. The molecule has 0 aliphatic carbocycles. The van der Waals surface area contributed by atoms with Gasteiger partial charge in [0.1, 0.15) is 11.5 Å². The summed E-state index contributed by atoms with van der Waals surface area (Å²) < 4.78 is 33.7. The summed E-state index contributed by atoms with van der Waals surface area (Å²) in [7, 11) is 2.34. The van der Waals surface area contributed by atoms with Crippen molar-refractivity contribution < 1.29 is 27.5 Å². The Morgan fingerprint density at radius 1 is 1.17 bits per heavy atom. The van der Waals surface area contributed by atoms with Crippen LogP contribution >= 0.6 is 0 Å².